The highest BCUT2D eigenvalue weighted by Crippen LogP contribution is 2.24. The van der Waals surface area contributed by atoms with Crippen LogP contribution in [0.3, 0.4) is 0 Å². The van der Waals surface area contributed by atoms with Gasteiger partial charge in [-0.2, -0.15) is 0 Å². The second-order valence-electron chi connectivity index (χ2n) is 2.63. The zero-order chi connectivity index (χ0) is 9.52. The molecule has 1 aromatic rings. The van der Waals surface area contributed by atoms with Gasteiger partial charge in [0.05, 0.1) is 0 Å². The van der Waals surface area contributed by atoms with Crippen LogP contribution >= 0.6 is 27.7 Å². The molecule has 13 heavy (non-hydrogen) atoms. The van der Waals surface area contributed by atoms with Gasteiger partial charge < -0.3 is 5.73 Å². The number of hydrogen-bond donors (Lipinski definition) is 1. The predicted octanol–water partition coefficient (Wildman–Crippen LogP) is 2.68. The lowest BCUT2D eigenvalue weighted by Gasteiger charge is -2.01. The molecular weight excluding hydrogens is 248 g/mol. The summed E-state index contributed by atoms with van der Waals surface area (Å²) in [7, 11) is 0. The minimum atomic E-state index is 0.782. The fraction of sp³-hybridized carbons (Fsp3) is 0.444. The van der Waals surface area contributed by atoms with Crippen LogP contribution in [0.2, 0.25) is 0 Å². The summed E-state index contributed by atoms with van der Waals surface area (Å²) >= 11 is 5.23. The highest BCUT2D eigenvalue weighted by Gasteiger charge is 1.99. The van der Waals surface area contributed by atoms with Gasteiger partial charge in [-0.1, -0.05) is 0 Å². The minimum Gasteiger partial charge on any atom is -0.330 e. The SMILES string of the molecule is NCCCCSc1ncccc1Br. The van der Waals surface area contributed by atoms with E-state index in [9.17, 15) is 0 Å². The molecule has 0 unspecified atom stereocenters. The molecule has 0 spiro atoms. The Kier molecular flexibility index (Phi) is 5.43. The van der Waals surface area contributed by atoms with Gasteiger partial charge in [-0.3, -0.25) is 0 Å². The van der Waals surface area contributed by atoms with Crippen molar-refractivity contribution in [3.05, 3.63) is 22.8 Å². The first-order valence-electron chi connectivity index (χ1n) is 4.28. The smallest absolute Gasteiger partial charge is 0.110 e. The third kappa shape index (κ3) is 4.11. The molecule has 0 aromatic carbocycles. The monoisotopic (exact) mass is 260 g/mol. The fourth-order valence-corrected chi connectivity index (χ4v) is 2.37. The molecule has 4 heteroatoms. The third-order valence-corrected chi connectivity index (χ3v) is 3.56. The molecule has 0 aliphatic carbocycles. The minimum absolute atomic E-state index is 0.782. The van der Waals surface area contributed by atoms with Crippen molar-refractivity contribution in [2.45, 2.75) is 17.9 Å². The molecule has 1 rings (SSSR count). The maximum Gasteiger partial charge on any atom is 0.110 e. The zero-order valence-electron chi connectivity index (χ0n) is 7.37. The molecule has 0 amide bonds. The molecule has 0 radical (unpaired) electrons. The van der Waals surface area contributed by atoms with Crippen molar-refractivity contribution >= 4 is 27.7 Å². The number of rotatable bonds is 5. The Labute approximate surface area is 91.4 Å². The number of nitrogens with two attached hydrogens (primary N) is 1. The lowest BCUT2D eigenvalue weighted by Crippen LogP contribution is -1.98. The third-order valence-electron chi connectivity index (χ3n) is 1.56. The van der Waals surface area contributed by atoms with Gasteiger partial charge in [0.25, 0.3) is 0 Å². The van der Waals surface area contributed by atoms with Gasteiger partial charge in [0, 0.05) is 10.7 Å². The number of thioether (sulfide) groups is 1. The van der Waals surface area contributed by atoms with E-state index in [4.69, 9.17) is 5.73 Å². The summed E-state index contributed by atoms with van der Waals surface area (Å²) in [6.45, 7) is 0.782. The second kappa shape index (κ2) is 6.40. The van der Waals surface area contributed by atoms with Crippen molar-refractivity contribution in [2.24, 2.45) is 5.73 Å². The Morgan fingerprint density at radius 1 is 1.46 bits per heavy atom. The summed E-state index contributed by atoms with van der Waals surface area (Å²) in [4.78, 5) is 4.26. The van der Waals surface area contributed by atoms with Crippen molar-refractivity contribution in [1.29, 1.82) is 0 Å². The molecule has 2 nitrogen and oxygen atoms in total. The highest BCUT2D eigenvalue weighted by molar-refractivity contribution is 9.10. The van der Waals surface area contributed by atoms with Crippen LogP contribution in [-0.4, -0.2) is 17.3 Å². The van der Waals surface area contributed by atoms with Crippen LogP contribution in [0.15, 0.2) is 27.8 Å². The Bertz CT molecular complexity index is 255. The normalized spacial score (nSPS) is 10.3. The Morgan fingerprint density at radius 2 is 2.31 bits per heavy atom. The molecule has 0 aliphatic rings. The maximum atomic E-state index is 5.40. The second-order valence-corrected chi connectivity index (χ2v) is 4.57. The summed E-state index contributed by atoms with van der Waals surface area (Å²) in [5.74, 6) is 1.09. The number of halogens is 1. The molecule has 1 heterocycles. The first kappa shape index (κ1) is 11.0. The number of aromatic nitrogens is 1. The van der Waals surface area contributed by atoms with Crippen molar-refractivity contribution in [1.82, 2.24) is 4.98 Å². The maximum absolute atomic E-state index is 5.40. The molecule has 0 atom stereocenters. The number of nitrogens with zero attached hydrogens (tertiary/aromatic N) is 1. The van der Waals surface area contributed by atoms with Crippen LogP contribution in [0.4, 0.5) is 0 Å². The Morgan fingerprint density at radius 3 is 3.00 bits per heavy atom. The average molecular weight is 261 g/mol. The lowest BCUT2D eigenvalue weighted by atomic mass is 10.3. The summed E-state index contributed by atoms with van der Waals surface area (Å²) in [6.07, 6.45) is 4.07. The van der Waals surface area contributed by atoms with Gasteiger partial charge in [0.2, 0.25) is 0 Å². The van der Waals surface area contributed by atoms with Crippen molar-refractivity contribution < 1.29 is 0 Å². The molecule has 1 aromatic heterocycles. The van der Waals surface area contributed by atoms with Crippen LogP contribution < -0.4 is 5.73 Å². The van der Waals surface area contributed by atoms with Crippen molar-refractivity contribution in [2.75, 3.05) is 12.3 Å². The van der Waals surface area contributed by atoms with Crippen LogP contribution in [-0.2, 0) is 0 Å². The Balaban J connectivity index is 2.32. The molecule has 0 fully saturated rings. The van der Waals surface area contributed by atoms with Crippen LogP contribution in [0.1, 0.15) is 12.8 Å². The van der Waals surface area contributed by atoms with E-state index in [1.165, 1.54) is 0 Å². The quantitative estimate of drug-likeness (QED) is 0.654. The number of pyridine rings is 1. The molecule has 0 bridgehead atoms. The number of unbranched alkanes of at least 4 members (excludes halogenated alkanes) is 1. The first-order chi connectivity index (χ1) is 6.34. The largest absolute Gasteiger partial charge is 0.330 e. The van der Waals surface area contributed by atoms with Gasteiger partial charge in [0.1, 0.15) is 5.03 Å². The van der Waals surface area contributed by atoms with Gasteiger partial charge in [-0.05, 0) is 53.2 Å². The predicted molar refractivity (Wildman–Crippen MR) is 60.9 cm³/mol. The van der Waals surface area contributed by atoms with Gasteiger partial charge in [-0.25, -0.2) is 4.98 Å². The molecule has 0 aliphatic heterocycles. The highest BCUT2D eigenvalue weighted by atomic mass is 79.9. The van der Waals surface area contributed by atoms with Crippen molar-refractivity contribution in [3.63, 3.8) is 0 Å². The summed E-state index contributed by atoms with van der Waals surface area (Å²) in [5, 5.41) is 1.07. The van der Waals surface area contributed by atoms with Crippen LogP contribution in [0.25, 0.3) is 0 Å². The van der Waals surface area contributed by atoms with Gasteiger partial charge in [-0.15, -0.1) is 11.8 Å². The fourth-order valence-electron chi connectivity index (χ4n) is 0.893. The van der Waals surface area contributed by atoms with E-state index >= 15 is 0 Å². The molecule has 0 saturated heterocycles. The molecule has 2 N–H and O–H groups in total. The van der Waals surface area contributed by atoms with Crippen molar-refractivity contribution in [3.8, 4) is 0 Å². The van der Waals surface area contributed by atoms with E-state index in [0.717, 1.165) is 34.6 Å². The van der Waals surface area contributed by atoms with E-state index in [0.29, 0.717) is 0 Å². The summed E-state index contributed by atoms with van der Waals surface area (Å²) < 4.78 is 1.08. The van der Waals surface area contributed by atoms with Gasteiger partial charge >= 0.3 is 0 Å². The van der Waals surface area contributed by atoms with E-state index in [1.807, 2.05) is 18.3 Å². The summed E-state index contributed by atoms with van der Waals surface area (Å²) in [6, 6.07) is 3.94. The zero-order valence-corrected chi connectivity index (χ0v) is 9.77. The molecule has 72 valence electrons. The Hall–Kier alpha value is -0.0600. The average Bonchev–Trinajstić information content (AvgIpc) is 2.15. The van der Waals surface area contributed by atoms with E-state index in [2.05, 4.69) is 20.9 Å². The van der Waals surface area contributed by atoms with E-state index in [1.54, 1.807) is 11.8 Å². The molecule has 0 saturated carbocycles. The van der Waals surface area contributed by atoms with Crippen LogP contribution in [0, 0.1) is 0 Å². The van der Waals surface area contributed by atoms with E-state index < -0.39 is 0 Å². The van der Waals surface area contributed by atoms with E-state index in [-0.39, 0.29) is 0 Å². The topological polar surface area (TPSA) is 38.9 Å². The standard InChI is InChI=1S/C9H13BrN2S/c10-8-4-3-6-12-9(8)13-7-2-1-5-11/h3-4,6H,1-2,5,7,11H2. The van der Waals surface area contributed by atoms with Gasteiger partial charge in [0.15, 0.2) is 0 Å². The van der Waals surface area contributed by atoms with Crippen LogP contribution in [0.5, 0.6) is 0 Å². The molecular formula is C9H13BrN2S. The first-order valence-corrected chi connectivity index (χ1v) is 6.06. The number of hydrogen-bond acceptors (Lipinski definition) is 3. The summed E-state index contributed by atoms with van der Waals surface area (Å²) in [5.41, 5.74) is 5.40. The lowest BCUT2D eigenvalue weighted by molar-refractivity contribution is 0.814.